The van der Waals surface area contributed by atoms with Gasteiger partial charge in [-0.1, -0.05) is 6.07 Å². The third-order valence-corrected chi connectivity index (χ3v) is 2.80. The van der Waals surface area contributed by atoms with E-state index in [-0.39, 0.29) is 5.91 Å². The van der Waals surface area contributed by atoms with Crippen molar-refractivity contribution in [1.82, 2.24) is 14.8 Å². The summed E-state index contributed by atoms with van der Waals surface area (Å²) in [6, 6.07) is 7.50. The molecule has 0 saturated heterocycles. The fourth-order valence-corrected chi connectivity index (χ4v) is 1.97. The molecule has 5 nitrogen and oxygen atoms in total. The minimum Gasteiger partial charge on any atom is -0.361 e. The van der Waals surface area contributed by atoms with E-state index < -0.39 is 0 Å². The van der Waals surface area contributed by atoms with Gasteiger partial charge in [0.15, 0.2) is 0 Å². The number of amides is 1. The minimum absolute atomic E-state index is 0.131. The van der Waals surface area contributed by atoms with Gasteiger partial charge in [-0.3, -0.25) is 9.48 Å². The molecule has 5 heteroatoms. The van der Waals surface area contributed by atoms with E-state index in [1.54, 1.807) is 17.1 Å². The SMILES string of the molecule is Cn1cc(NC(=O)c2cccc3[nH]ccc23)cn1. The second kappa shape index (κ2) is 4.03. The van der Waals surface area contributed by atoms with Crippen molar-refractivity contribution in [3.63, 3.8) is 0 Å². The number of aromatic nitrogens is 3. The number of nitrogens with one attached hydrogen (secondary N) is 2. The van der Waals surface area contributed by atoms with Crippen molar-refractivity contribution in [3.05, 3.63) is 48.4 Å². The first-order chi connectivity index (χ1) is 8.74. The Balaban J connectivity index is 1.94. The quantitative estimate of drug-likeness (QED) is 0.721. The van der Waals surface area contributed by atoms with Crippen LogP contribution in [0.2, 0.25) is 0 Å². The molecule has 0 bridgehead atoms. The molecule has 0 unspecified atom stereocenters. The zero-order valence-electron chi connectivity index (χ0n) is 9.84. The minimum atomic E-state index is -0.131. The van der Waals surface area contributed by atoms with Gasteiger partial charge in [0.25, 0.3) is 5.91 Å². The van der Waals surface area contributed by atoms with Gasteiger partial charge in [-0.05, 0) is 18.2 Å². The summed E-state index contributed by atoms with van der Waals surface area (Å²) in [5.74, 6) is -0.131. The topological polar surface area (TPSA) is 62.7 Å². The Morgan fingerprint density at radius 2 is 2.28 bits per heavy atom. The number of anilines is 1. The number of hydrogen-bond donors (Lipinski definition) is 2. The van der Waals surface area contributed by atoms with Gasteiger partial charge in [0.1, 0.15) is 0 Å². The van der Waals surface area contributed by atoms with Crippen molar-refractivity contribution in [2.45, 2.75) is 0 Å². The third-order valence-electron chi connectivity index (χ3n) is 2.80. The average molecular weight is 240 g/mol. The highest BCUT2D eigenvalue weighted by Gasteiger charge is 2.11. The number of rotatable bonds is 2. The van der Waals surface area contributed by atoms with Gasteiger partial charge in [-0.15, -0.1) is 0 Å². The molecule has 0 spiro atoms. The molecule has 2 heterocycles. The van der Waals surface area contributed by atoms with E-state index in [9.17, 15) is 4.79 Å². The van der Waals surface area contributed by atoms with Crippen LogP contribution in [-0.4, -0.2) is 20.7 Å². The van der Waals surface area contributed by atoms with Crippen LogP contribution in [0.1, 0.15) is 10.4 Å². The van der Waals surface area contributed by atoms with Crippen molar-refractivity contribution in [1.29, 1.82) is 0 Å². The predicted octanol–water partition coefficient (Wildman–Crippen LogP) is 2.15. The number of aryl methyl sites for hydroxylation is 1. The largest absolute Gasteiger partial charge is 0.361 e. The highest BCUT2D eigenvalue weighted by molar-refractivity contribution is 6.12. The maximum absolute atomic E-state index is 12.2. The smallest absolute Gasteiger partial charge is 0.256 e. The van der Waals surface area contributed by atoms with E-state index in [1.165, 1.54) is 0 Å². The second-order valence-electron chi connectivity index (χ2n) is 4.10. The lowest BCUT2D eigenvalue weighted by molar-refractivity contribution is 0.102. The normalized spacial score (nSPS) is 10.7. The standard InChI is InChI=1S/C13H12N4O/c1-17-8-9(7-15-17)16-13(18)11-3-2-4-12-10(11)5-6-14-12/h2-8,14H,1H3,(H,16,18). The molecule has 2 N–H and O–H groups in total. The van der Waals surface area contributed by atoms with Crippen LogP contribution in [0.5, 0.6) is 0 Å². The lowest BCUT2D eigenvalue weighted by Crippen LogP contribution is -2.11. The second-order valence-corrected chi connectivity index (χ2v) is 4.10. The number of hydrogen-bond acceptors (Lipinski definition) is 2. The van der Waals surface area contributed by atoms with Gasteiger partial charge in [0, 0.05) is 35.9 Å². The van der Waals surface area contributed by atoms with Crippen LogP contribution in [0.15, 0.2) is 42.9 Å². The van der Waals surface area contributed by atoms with E-state index in [0.717, 1.165) is 10.9 Å². The van der Waals surface area contributed by atoms with Crippen molar-refractivity contribution in [2.24, 2.45) is 7.05 Å². The maximum atomic E-state index is 12.2. The van der Waals surface area contributed by atoms with Crippen LogP contribution in [0.4, 0.5) is 5.69 Å². The van der Waals surface area contributed by atoms with Gasteiger partial charge in [0.2, 0.25) is 0 Å². The molecule has 3 rings (SSSR count). The van der Waals surface area contributed by atoms with Crippen molar-refractivity contribution in [2.75, 3.05) is 5.32 Å². The molecule has 90 valence electrons. The Labute approximate surface area is 103 Å². The molecule has 3 aromatic rings. The number of aromatic amines is 1. The summed E-state index contributed by atoms with van der Waals surface area (Å²) < 4.78 is 1.65. The summed E-state index contributed by atoms with van der Waals surface area (Å²) in [7, 11) is 1.81. The molecule has 1 amide bonds. The lowest BCUT2D eigenvalue weighted by Gasteiger charge is -2.03. The van der Waals surface area contributed by atoms with Gasteiger partial charge in [-0.25, -0.2) is 0 Å². The Bertz CT molecular complexity index is 710. The predicted molar refractivity (Wildman–Crippen MR) is 69.5 cm³/mol. The van der Waals surface area contributed by atoms with Gasteiger partial charge in [-0.2, -0.15) is 5.10 Å². The fraction of sp³-hybridized carbons (Fsp3) is 0.0769. The molecular formula is C13H12N4O. The summed E-state index contributed by atoms with van der Waals surface area (Å²) in [6.07, 6.45) is 5.20. The van der Waals surface area contributed by atoms with Crippen LogP contribution >= 0.6 is 0 Å². The Hall–Kier alpha value is -2.56. The summed E-state index contributed by atoms with van der Waals surface area (Å²) in [6.45, 7) is 0. The van der Waals surface area contributed by atoms with E-state index in [1.807, 2.05) is 37.5 Å². The fourth-order valence-electron chi connectivity index (χ4n) is 1.97. The van der Waals surface area contributed by atoms with Crippen molar-refractivity contribution in [3.8, 4) is 0 Å². The first-order valence-corrected chi connectivity index (χ1v) is 5.60. The Morgan fingerprint density at radius 1 is 1.39 bits per heavy atom. The number of H-pyrrole nitrogens is 1. The van der Waals surface area contributed by atoms with Crippen LogP contribution < -0.4 is 5.32 Å². The van der Waals surface area contributed by atoms with Crippen molar-refractivity contribution >= 4 is 22.5 Å². The Morgan fingerprint density at radius 3 is 3.06 bits per heavy atom. The van der Waals surface area contributed by atoms with Gasteiger partial charge in [0.05, 0.1) is 11.9 Å². The molecule has 0 saturated carbocycles. The van der Waals surface area contributed by atoms with Crippen LogP contribution in [0.3, 0.4) is 0 Å². The molecule has 1 aromatic carbocycles. The zero-order chi connectivity index (χ0) is 12.5. The lowest BCUT2D eigenvalue weighted by atomic mass is 10.1. The van der Waals surface area contributed by atoms with Crippen LogP contribution in [0, 0.1) is 0 Å². The zero-order valence-corrected chi connectivity index (χ0v) is 9.84. The number of benzene rings is 1. The molecule has 0 fully saturated rings. The summed E-state index contributed by atoms with van der Waals surface area (Å²) in [4.78, 5) is 15.3. The molecule has 18 heavy (non-hydrogen) atoms. The number of nitrogens with zero attached hydrogens (tertiary/aromatic N) is 2. The molecule has 2 aromatic heterocycles. The van der Waals surface area contributed by atoms with Crippen molar-refractivity contribution < 1.29 is 4.79 Å². The maximum Gasteiger partial charge on any atom is 0.256 e. The van der Waals surface area contributed by atoms with E-state index in [2.05, 4.69) is 15.4 Å². The highest BCUT2D eigenvalue weighted by Crippen LogP contribution is 2.18. The highest BCUT2D eigenvalue weighted by atomic mass is 16.1. The van der Waals surface area contributed by atoms with Gasteiger partial charge >= 0.3 is 0 Å². The molecule has 0 atom stereocenters. The first-order valence-electron chi connectivity index (χ1n) is 5.60. The van der Waals surface area contributed by atoms with E-state index >= 15 is 0 Å². The molecule has 0 radical (unpaired) electrons. The number of fused-ring (bicyclic) bond motifs is 1. The molecule has 0 aliphatic carbocycles. The number of carbonyl (C=O) groups excluding carboxylic acids is 1. The molecule has 0 aliphatic heterocycles. The van der Waals surface area contributed by atoms with E-state index in [4.69, 9.17) is 0 Å². The van der Waals surface area contributed by atoms with Crippen LogP contribution in [-0.2, 0) is 7.05 Å². The first kappa shape index (κ1) is 10.6. The van der Waals surface area contributed by atoms with Crippen LogP contribution in [0.25, 0.3) is 10.9 Å². The Kier molecular flexibility index (Phi) is 2.37. The summed E-state index contributed by atoms with van der Waals surface area (Å²) in [5.41, 5.74) is 2.29. The average Bonchev–Trinajstić information content (AvgIpc) is 2.97. The third kappa shape index (κ3) is 1.75. The van der Waals surface area contributed by atoms with Gasteiger partial charge < -0.3 is 10.3 Å². The summed E-state index contributed by atoms with van der Waals surface area (Å²) in [5, 5.41) is 7.75. The molecule has 0 aliphatic rings. The number of carbonyl (C=O) groups is 1. The van der Waals surface area contributed by atoms with E-state index in [0.29, 0.717) is 11.3 Å². The molecular weight excluding hydrogens is 228 g/mol. The summed E-state index contributed by atoms with van der Waals surface area (Å²) >= 11 is 0. The monoisotopic (exact) mass is 240 g/mol.